The van der Waals surface area contributed by atoms with Gasteiger partial charge < -0.3 is 15.5 Å². The summed E-state index contributed by atoms with van der Waals surface area (Å²) in [4.78, 5) is 20.6. The molecule has 1 spiro atoms. The fourth-order valence-corrected chi connectivity index (χ4v) is 7.80. The van der Waals surface area contributed by atoms with Gasteiger partial charge in [-0.3, -0.25) is 9.10 Å². The van der Waals surface area contributed by atoms with Crippen LogP contribution in [-0.2, 0) is 10.2 Å². The third-order valence-corrected chi connectivity index (χ3v) is 9.90. The van der Waals surface area contributed by atoms with Crippen molar-refractivity contribution in [3.63, 3.8) is 0 Å². The van der Waals surface area contributed by atoms with Gasteiger partial charge in [0, 0.05) is 17.0 Å². The number of nitrogen functional groups attached to an aromatic ring is 1. The van der Waals surface area contributed by atoms with Crippen molar-refractivity contribution >= 4 is 38.4 Å². The fraction of sp³-hybridized carbons (Fsp3) is 0.233. The summed E-state index contributed by atoms with van der Waals surface area (Å²) < 4.78 is 79.6. The standard InChI is InChI=1S/C30H26F3N7O4S/c1-16-9-26(44-28-19(31)5-4-6-20(28)32)35-14-25(16)40-29(34)18(13-36-40)27(41)23-11-17-10-21(33)24(12-22(17)37-23)39-15-30(7-2-3-8-30)38-45(39,42)43/h4-6,9-14,37-38H,2-3,7-8,15,34H2,1H3. The molecule has 15 heteroatoms. The minimum absolute atomic E-state index is 0.0136. The van der Waals surface area contributed by atoms with Crippen LogP contribution in [0.3, 0.4) is 0 Å². The molecular weight excluding hydrogens is 611 g/mol. The summed E-state index contributed by atoms with van der Waals surface area (Å²) >= 11 is 0. The van der Waals surface area contributed by atoms with Crippen molar-refractivity contribution in [3.05, 3.63) is 89.1 Å². The Morgan fingerprint density at radius 1 is 1.02 bits per heavy atom. The highest BCUT2D eigenvalue weighted by Gasteiger charge is 2.49. The molecule has 5 aromatic rings. The lowest BCUT2D eigenvalue weighted by atomic mass is 9.99. The average molecular weight is 638 g/mol. The van der Waals surface area contributed by atoms with Gasteiger partial charge in [0.2, 0.25) is 17.4 Å². The predicted octanol–water partition coefficient (Wildman–Crippen LogP) is 5.05. The highest BCUT2D eigenvalue weighted by molar-refractivity contribution is 7.91. The van der Waals surface area contributed by atoms with Crippen LogP contribution in [0, 0.1) is 24.4 Å². The summed E-state index contributed by atoms with van der Waals surface area (Å²) in [5.41, 5.74) is 7.03. The molecule has 4 heterocycles. The molecule has 1 saturated carbocycles. The predicted molar refractivity (Wildman–Crippen MR) is 159 cm³/mol. The number of benzene rings is 2. The highest BCUT2D eigenvalue weighted by Crippen LogP contribution is 2.40. The average Bonchev–Trinajstić information content (AvgIpc) is 3.76. The van der Waals surface area contributed by atoms with Gasteiger partial charge in [-0.1, -0.05) is 18.9 Å². The van der Waals surface area contributed by atoms with Crippen molar-refractivity contribution < 1.29 is 31.1 Å². The molecule has 1 saturated heterocycles. The number of hydrogen-bond acceptors (Lipinski definition) is 7. The number of ether oxygens (including phenoxy) is 1. The molecule has 45 heavy (non-hydrogen) atoms. The number of carbonyl (C=O) groups excluding carboxylic acids is 1. The number of hydrogen-bond donors (Lipinski definition) is 3. The van der Waals surface area contributed by atoms with Crippen LogP contribution >= 0.6 is 0 Å². The zero-order chi connectivity index (χ0) is 31.7. The summed E-state index contributed by atoms with van der Waals surface area (Å²) in [6.07, 6.45) is 5.77. The largest absolute Gasteiger partial charge is 0.433 e. The van der Waals surface area contributed by atoms with E-state index in [1.807, 2.05) is 0 Å². The smallest absolute Gasteiger partial charge is 0.302 e. The first-order valence-corrected chi connectivity index (χ1v) is 15.5. The lowest BCUT2D eigenvalue weighted by molar-refractivity contribution is 0.103. The molecule has 3 aromatic heterocycles. The molecule has 2 aromatic carbocycles. The van der Waals surface area contributed by atoms with Gasteiger partial charge in [-0.25, -0.2) is 22.8 Å². The van der Waals surface area contributed by atoms with Gasteiger partial charge in [-0.05, 0) is 55.7 Å². The molecule has 7 rings (SSSR count). The van der Waals surface area contributed by atoms with Gasteiger partial charge in [-0.2, -0.15) is 18.2 Å². The number of pyridine rings is 1. The van der Waals surface area contributed by atoms with E-state index in [2.05, 4.69) is 19.8 Å². The first-order valence-electron chi connectivity index (χ1n) is 14.1. The number of fused-ring (bicyclic) bond motifs is 1. The number of halogens is 3. The Kier molecular flexibility index (Phi) is 6.63. The van der Waals surface area contributed by atoms with Crippen LogP contribution in [0.4, 0.5) is 24.7 Å². The van der Waals surface area contributed by atoms with Crippen molar-refractivity contribution in [2.75, 3.05) is 16.6 Å². The molecule has 1 aliphatic heterocycles. The van der Waals surface area contributed by atoms with E-state index >= 15 is 4.39 Å². The van der Waals surface area contributed by atoms with Gasteiger partial charge in [0.1, 0.15) is 11.6 Å². The van der Waals surface area contributed by atoms with Crippen LogP contribution in [0.15, 0.2) is 54.9 Å². The van der Waals surface area contributed by atoms with Gasteiger partial charge in [0.05, 0.1) is 47.1 Å². The number of nitrogens with zero attached hydrogens (tertiary/aromatic N) is 4. The first-order chi connectivity index (χ1) is 21.4. The SMILES string of the molecule is Cc1cc(Oc2c(F)cccc2F)ncc1-n1ncc(C(=O)c2cc3cc(F)c(N4CC5(CCCC5)NS4(=O)=O)cc3[nH]2)c1N. The monoisotopic (exact) mass is 637 g/mol. The van der Waals surface area contributed by atoms with Crippen LogP contribution in [0.5, 0.6) is 11.6 Å². The topological polar surface area (TPSA) is 148 Å². The Labute approximate surface area is 255 Å². The Bertz CT molecular complexity index is 2100. The summed E-state index contributed by atoms with van der Waals surface area (Å²) in [6, 6.07) is 8.80. The second-order valence-corrected chi connectivity index (χ2v) is 12.9. The van der Waals surface area contributed by atoms with Gasteiger partial charge in [0.25, 0.3) is 0 Å². The number of para-hydroxylation sites is 1. The fourth-order valence-electron chi connectivity index (χ4n) is 6.06. The highest BCUT2D eigenvalue weighted by atomic mass is 32.2. The Hall–Kier alpha value is -4.89. The summed E-state index contributed by atoms with van der Waals surface area (Å²) in [7, 11) is -3.94. The molecule has 2 fully saturated rings. The molecule has 11 nitrogen and oxygen atoms in total. The first kappa shape index (κ1) is 28.9. The molecule has 0 amide bonds. The number of aromatic nitrogens is 4. The molecule has 0 unspecified atom stereocenters. The van der Waals surface area contributed by atoms with Crippen LogP contribution in [0.2, 0.25) is 0 Å². The second kappa shape index (κ2) is 10.3. The summed E-state index contributed by atoms with van der Waals surface area (Å²) in [6.45, 7) is 1.81. The minimum atomic E-state index is -3.94. The number of aryl methyl sites for hydroxylation is 1. The van der Waals surface area contributed by atoms with E-state index < -0.39 is 44.7 Å². The zero-order valence-electron chi connectivity index (χ0n) is 23.8. The van der Waals surface area contributed by atoms with Gasteiger partial charge >= 0.3 is 10.2 Å². The van der Waals surface area contributed by atoms with Crippen LogP contribution in [0.1, 0.15) is 47.3 Å². The Morgan fingerprint density at radius 2 is 1.76 bits per heavy atom. The minimum Gasteiger partial charge on any atom is -0.433 e. The van der Waals surface area contributed by atoms with E-state index in [0.717, 1.165) is 29.3 Å². The van der Waals surface area contributed by atoms with E-state index in [-0.39, 0.29) is 35.2 Å². The lowest BCUT2D eigenvalue weighted by Crippen LogP contribution is -2.40. The maximum Gasteiger partial charge on any atom is 0.302 e. The van der Waals surface area contributed by atoms with Crippen molar-refractivity contribution in [2.45, 2.75) is 38.1 Å². The van der Waals surface area contributed by atoms with Crippen LogP contribution in [-0.4, -0.2) is 46.0 Å². The maximum absolute atomic E-state index is 15.3. The van der Waals surface area contributed by atoms with Crippen LogP contribution in [0.25, 0.3) is 16.6 Å². The third kappa shape index (κ3) is 4.88. The summed E-state index contributed by atoms with van der Waals surface area (Å²) in [5, 5.41) is 4.60. The molecule has 232 valence electrons. The molecule has 0 radical (unpaired) electrons. The Morgan fingerprint density at radius 3 is 2.47 bits per heavy atom. The van der Waals surface area contributed by atoms with Crippen molar-refractivity contribution in [1.82, 2.24) is 24.5 Å². The zero-order valence-corrected chi connectivity index (χ0v) is 24.6. The summed E-state index contributed by atoms with van der Waals surface area (Å²) in [5.74, 6) is -3.71. The van der Waals surface area contributed by atoms with Crippen molar-refractivity contribution in [3.8, 4) is 17.3 Å². The number of carbonyl (C=O) groups is 1. The molecule has 0 atom stereocenters. The van der Waals surface area contributed by atoms with E-state index in [4.69, 9.17) is 10.5 Å². The van der Waals surface area contributed by atoms with Gasteiger partial charge in [-0.15, -0.1) is 0 Å². The number of nitrogens with two attached hydrogens (primary N) is 1. The molecular formula is C30H26F3N7O4S. The normalized spacial score (nSPS) is 17.0. The van der Waals surface area contributed by atoms with Crippen molar-refractivity contribution in [1.29, 1.82) is 0 Å². The van der Waals surface area contributed by atoms with Crippen LogP contribution < -0.4 is 19.5 Å². The second-order valence-electron chi connectivity index (χ2n) is 11.3. The number of ketones is 1. The molecule has 2 aliphatic rings. The number of anilines is 2. The van der Waals surface area contributed by atoms with E-state index in [1.165, 1.54) is 47.4 Å². The molecule has 4 N–H and O–H groups in total. The molecule has 1 aliphatic carbocycles. The quantitative estimate of drug-likeness (QED) is 0.221. The number of aromatic amines is 1. The lowest BCUT2D eigenvalue weighted by Gasteiger charge is -2.21. The van der Waals surface area contributed by atoms with E-state index in [1.54, 1.807) is 6.92 Å². The Balaban J connectivity index is 1.16. The maximum atomic E-state index is 15.3. The number of rotatable bonds is 6. The number of nitrogens with one attached hydrogen (secondary N) is 2. The molecule has 0 bridgehead atoms. The van der Waals surface area contributed by atoms with E-state index in [0.29, 0.717) is 35.0 Å². The van der Waals surface area contributed by atoms with Crippen molar-refractivity contribution in [2.24, 2.45) is 0 Å². The number of H-pyrrole nitrogens is 1. The van der Waals surface area contributed by atoms with Gasteiger partial charge in [0.15, 0.2) is 11.6 Å². The van der Waals surface area contributed by atoms with E-state index in [9.17, 15) is 22.0 Å². The third-order valence-electron chi connectivity index (χ3n) is 8.31.